The molecule has 1 aromatic carbocycles. The van der Waals surface area contributed by atoms with E-state index < -0.39 is 6.09 Å². The van der Waals surface area contributed by atoms with Crippen LogP contribution in [0, 0.1) is 11.8 Å². The number of H-pyrrole nitrogens is 1. The maximum atomic E-state index is 11.7. The van der Waals surface area contributed by atoms with Gasteiger partial charge in [0.05, 0.1) is 30.8 Å². The normalized spacial score (nSPS) is 12.5. The van der Waals surface area contributed by atoms with Gasteiger partial charge in [0, 0.05) is 11.9 Å². The van der Waals surface area contributed by atoms with Crippen LogP contribution in [0.1, 0.15) is 12.6 Å². The molecule has 0 fully saturated rings. The highest BCUT2D eigenvalue weighted by Gasteiger charge is 2.19. The predicted octanol–water partition coefficient (Wildman–Crippen LogP) is 2.38. The van der Waals surface area contributed by atoms with Crippen molar-refractivity contribution in [1.82, 2.24) is 9.97 Å². The van der Waals surface area contributed by atoms with Crippen LogP contribution in [0.15, 0.2) is 30.7 Å². The molecular formula is C17H18N4O3. The summed E-state index contributed by atoms with van der Waals surface area (Å²) in [7, 11) is 0. The molecule has 0 unspecified atom stereocenters. The summed E-state index contributed by atoms with van der Waals surface area (Å²) < 4.78 is 10.6. The average Bonchev–Trinajstić information content (AvgIpc) is 3.09. The second kappa shape index (κ2) is 7.42. The third kappa shape index (κ3) is 3.79. The Bertz CT molecular complexity index is 762. The van der Waals surface area contributed by atoms with Crippen molar-refractivity contribution in [3.8, 4) is 17.6 Å². The van der Waals surface area contributed by atoms with Gasteiger partial charge in [-0.25, -0.2) is 9.78 Å². The number of aromatic amines is 1. The lowest BCUT2D eigenvalue weighted by Crippen LogP contribution is -2.32. The number of benzene rings is 1. The number of nitrogens with one attached hydrogen (secondary N) is 2. The summed E-state index contributed by atoms with van der Waals surface area (Å²) in [5.41, 5.74) is 2.57. The van der Waals surface area contributed by atoms with E-state index in [9.17, 15) is 4.79 Å². The third-order valence-electron chi connectivity index (χ3n) is 3.53. The van der Waals surface area contributed by atoms with Gasteiger partial charge in [0.1, 0.15) is 12.4 Å². The lowest BCUT2D eigenvalue weighted by molar-refractivity contribution is 0.176. The number of fused-ring (bicyclic) bond motifs is 1. The van der Waals surface area contributed by atoms with Gasteiger partial charge in [-0.3, -0.25) is 5.32 Å². The van der Waals surface area contributed by atoms with Crippen LogP contribution in [0.25, 0.3) is 0 Å². The van der Waals surface area contributed by atoms with E-state index in [1.165, 1.54) is 0 Å². The number of carbonyl (C=O) groups is 1. The number of amides is 1. The smallest absolute Gasteiger partial charge is 0.412 e. The van der Waals surface area contributed by atoms with Gasteiger partial charge in [-0.15, -0.1) is 5.92 Å². The minimum Gasteiger partial charge on any atom is -0.490 e. The minimum atomic E-state index is -0.533. The van der Waals surface area contributed by atoms with Crippen molar-refractivity contribution in [2.45, 2.75) is 13.5 Å². The van der Waals surface area contributed by atoms with Gasteiger partial charge in [-0.1, -0.05) is 5.92 Å². The van der Waals surface area contributed by atoms with Gasteiger partial charge in [-0.05, 0) is 25.1 Å². The molecule has 0 atom stereocenters. The van der Waals surface area contributed by atoms with E-state index in [1.807, 2.05) is 12.1 Å². The van der Waals surface area contributed by atoms with Crippen molar-refractivity contribution in [2.75, 3.05) is 30.0 Å². The fourth-order valence-electron chi connectivity index (χ4n) is 2.42. The standard InChI is InChI=1S/C17H18N4O3/c1-2-3-7-24-17(22)20-13-4-5-16-15(9-13)21(6-8-23-16)11-14-10-18-12-19-14/h4-5,9-10,12H,6-8,11H2,1H3,(H,18,19)(H,20,22). The number of hydrogen-bond acceptors (Lipinski definition) is 5. The van der Waals surface area contributed by atoms with Crippen LogP contribution in [-0.4, -0.2) is 35.8 Å². The zero-order chi connectivity index (χ0) is 16.8. The molecule has 1 amide bonds. The first-order chi connectivity index (χ1) is 11.8. The molecule has 24 heavy (non-hydrogen) atoms. The van der Waals surface area contributed by atoms with Gasteiger partial charge in [0.25, 0.3) is 0 Å². The Morgan fingerprint density at radius 2 is 2.46 bits per heavy atom. The van der Waals surface area contributed by atoms with Crippen molar-refractivity contribution in [1.29, 1.82) is 0 Å². The summed E-state index contributed by atoms with van der Waals surface area (Å²) in [4.78, 5) is 21.0. The zero-order valence-electron chi connectivity index (χ0n) is 13.3. The molecule has 0 bridgehead atoms. The van der Waals surface area contributed by atoms with Crippen molar-refractivity contribution < 1.29 is 14.3 Å². The predicted molar refractivity (Wildman–Crippen MR) is 90.0 cm³/mol. The first-order valence-corrected chi connectivity index (χ1v) is 7.58. The lowest BCUT2D eigenvalue weighted by Gasteiger charge is -2.31. The molecule has 1 aliphatic heterocycles. The molecule has 7 nitrogen and oxygen atoms in total. The van der Waals surface area contributed by atoms with Crippen LogP contribution in [0.3, 0.4) is 0 Å². The highest BCUT2D eigenvalue weighted by atomic mass is 16.5. The zero-order valence-corrected chi connectivity index (χ0v) is 13.3. The van der Waals surface area contributed by atoms with Gasteiger partial charge in [-0.2, -0.15) is 0 Å². The largest absolute Gasteiger partial charge is 0.490 e. The van der Waals surface area contributed by atoms with E-state index in [1.54, 1.807) is 25.5 Å². The van der Waals surface area contributed by atoms with E-state index in [2.05, 4.69) is 32.0 Å². The molecule has 7 heteroatoms. The van der Waals surface area contributed by atoms with Crippen LogP contribution in [0.2, 0.25) is 0 Å². The van der Waals surface area contributed by atoms with Crippen molar-refractivity contribution in [3.63, 3.8) is 0 Å². The number of aromatic nitrogens is 2. The van der Waals surface area contributed by atoms with Gasteiger partial charge in [0.2, 0.25) is 0 Å². The van der Waals surface area contributed by atoms with Crippen molar-refractivity contribution in [2.24, 2.45) is 0 Å². The second-order valence-electron chi connectivity index (χ2n) is 5.16. The first kappa shape index (κ1) is 15.7. The van der Waals surface area contributed by atoms with E-state index in [0.29, 0.717) is 18.8 Å². The molecule has 2 heterocycles. The molecular weight excluding hydrogens is 308 g/mol. The molecule has 0 radical (unpaired) electrons. The molecule has 0 saturated heterocycles. The summed E-state index contributed by atoms with van der Waals surface area (Å²) in [5, 5.41) is 2.70. The fourth-order valence-corrected chi connectivity index (χ4v) is 2.42. The van der Waals surface area contributed by atoms with E-state index >= 15 is 0 Å². The Balaban J connectivity index is 1.72. The highest BCUT2D eigenvalue weighted by Crippen LogP contribution is 2.34. The van der Waals surface area contributed by atoms with Gasteiger partial charge >= 0.3 is 6.09 Å². The Morgan fingerprint density at radius 3 is 3.25 bits per heavy atom. The van der Waals surface area contributed by atoms with Crippen molar-refractivity contribution in [3.05, 3.63) is 36.4 Å². The number of carbonyl (C=O) groups excluding carboxylic acids is 1. The topological polar surface area (TPSA) is 79.5 Å². The number of nitrogens with zero attached hydrogens (tertiary/aromatic N) is 2. The third-order valence-corrected chi connectivity index (χ3v) is 3.53. The van der Waals surface area contributed by atoms with Crippen LogP contribution in [0.5, 0.6) is 5.75 Å². The van der Waals surface area contributed by atoms with Gasteiger partial charge < -0.3 is 19.4 Å². The maximum Gasteiger partial charge on any atom is 0.412 e. The quantitative estimate of drug-likeness (QED) is 0.843. The molecule has 0 spiro atoms. The number of rotatable bonds is 4. The maximum absolute atomic E-state index is 11.7. The monoisotopic (exact) mass is 326 g/mol. The first-order valence-electron chi connectivity index (χ1n) is 7.58. The molecule has 2 aromatic rings. The number of anilines is 2. The molecule has 0 aliphatic carbocycles. The Morgan fingerprint density at radius 1 is 1.54 bits per heavy atom. The van der Waals surface area contributed by atoms with E-state index in [0.717, 1.165) is 23.7 Å². The summed E-state index contributed by atoms with van der Waals surface area (Å²) in [6, 6.07) is 5.50. The summed E-state index contributed by atoms with van der Waals surface area (Å²) >= 11 is 0. The summed E-state index contributed by atoms with van der Waals surface area (Å²) in [6.45, 7) is 3.83. The summed E-state index contributed by atoms with van der Waals surface area (Å²) in [6.07, 6.45) is 2.92. The molecule has 3 rings (SSSR count). The number of hydrogen-bond donors (Lipinski definition) is 2. The fraction of sp³-hybridized carbons (Fsp3) is 0.294. The van der Waals surface area contributed by atoms with Gasteiger partial charge in [0.15, 0.2) is 6.61 Å². The molecule has 0 saturated carbocycles. The Kier molecular flexibility index (Phi) is 4.87. The van der Waals surface area contributed by atoms with E-state index in [4.69, 9.17) is 9.47 Å². The van der Waals surface area contributed by atoms with Crippen LogP contribution in [0.4, 0.5) is 16.2 Å². The van der Waals surface area contributed by atoms with Crippen molar-refractivity contribution >= 4 is 17.5 Å². The molecule has 2 N–H and O–H groups in total. The highest BCUT2D eigenvalue weighted by molar-refractivity contribution is 5.86. The molecule has 1 aromatic heterocycles. The summed E-state index contributed by atoms with van der Waals surface area (Å²) in [5.74, 6) is 6.13. The Hall–Kier alpha value is -3.14. The number of ether oxygens (including phenoxy) is 2. The average molecular weight is 326 g/mol. The number of imidazole rings is 1. The molecule has 1 aliphatic rings. The minimum absolute atomic E-state index is 0.0718. The van der Waals surface area contributed by atoms with Crippen LogP contribution in [-0.2, 0) is 11.3 Å². The SMILES string of the molecule is CC#CCOC(=O)Nc1ccc2c(c1)N(Cc1cnc[nH]1)CCO2. The second-order valence-corrected chi connectivity index (χ2v) is 5.16. The van der Waals surface area contributed by atoms with E-state index in [-0.39, 0.29) is 6.61 Å². The van der Waals surface area contributed by atoms with Crippen LogP contribution < -0.4 is 15.0 Å². The Labute approximate surface area is 140 Å². The lowest BCUT2D eigenvalue weighted by atomic mass is 10.2. The van der Waals surface area contributed by atoms with Crippen LogP contribution >= 0.6 is 0 Å². The molecule has 124 valence electrons.